The lowest BCUT2D eigenvalue weighted by molar-refractivity contribution is -0.230. The second kappa shape index (κ2) is 13.5. The minimum absolute atomic E-state index is 0.275. The van der Waals surface area contributed by atoms with Gasteiger partial charge in [-0.1, -0.05) is 103 Å². The Bertz CT molecular complexity index is 1180. The van der Waals surface area contributed by atoms with Gasteiger partial charge in [0, 0.05) is 14.1 Å². The van der Waals surface area contributed by atoms with Crippen LogP contribution in [-0.4, -0.2) is 66.7 Å². The van der Waals surface area contributed by atoms with Crippen molar-refractivity contribution in [2.75, 3.05) is 20.8 Å². The summed E-state index contributed by atoms with van der Waals surface area (Å²) in [4.78, 5) is 6.93. The lowest BCUT2D eigenvalue weighted by Crippen LogP contribution is -2.60. The molecule has 0 bridgehead atoms. The van der Waals surface area contributed by atoms with E-state index in [2.05, 4.69) is 0 Å². The summed E-state index contributed by atoms with van der Waals surface area (Å²) in [5.41, 5.74) is 2.69. The van der Waals surface area contributed by atoms with Crippen LogP contribution in [0.5, 0.6) is 0 Å². The van der Waals surface area contributed by atoms with Crippen LogP contribution in [0.15, 0.2) is 96.0 Å². The van der Waals surface area contributed by atoms with E-state index < -0.39 is 31.1 Å². The number of fused-ring (bicyclic) bond motifs is 1. The monoisotopic (exact) mass is 550 g/mol. The van der Waals surface area contributed by atoms with Crippen molar-refractivity contribution in [1.82, 2.24) is 4.90 Å². The summed E-state index contributed by atoms with van der Waals surface area (Å²) in [6.07, 6.45) is -2.58. The fraction of sp³-hybridized carbons (Fsp3) is 0.387. The first-order valence-electron chi connectivity index (χ1n) is 13.2. The molecule has 6 atom stereocenters. The summed E-state index contributed by atoms with van der Waals surface area (Å²) in [5.74, 6) is 0. The molecule has 1 saturated heterocycles. The fourth-order valence-corrected chi connectivity index (χ4v) is 5.92. The van der Waals surface area contributed by atoms with Crippen molar-refractivity contribution < 1.29 is 23.3 Å². The third-order valence-corrected chi connectivity index (χ3v) is 8.12. The largest absolute Gasteiger partial charge is 0.368 e. The highest BCUT2D eigenvalue weighted by molar-refractivity contribution is 8.14. The summed E-state index contributed by atoms with van der Waals surface area (Å²) < 4.78 is 40.5. The van der Waals surface area contributed by atoms with Crippen LogP contribution in [0, 0.1) is 0 Å². The highest BCUT2D eigenvalue weighted by atomic mass is 32.2. The first-order valence-corrected chi connectivity index (χ1v) is 14.1. The van der Waals surface area contributed by atoms with Gasteiger partial charge in [-0.25, -0.2) is 4.39 Å². The quantitative estimate of drug-likeness (QED) is 0.316. The Morgan fingerprint density at radius 3 is 1.82 bits per heavy atom. The molecule has 5 rings (SSSR count). The lowest BCUT2D eigenvalue weighted by Gasteiger charge is -2.44. The third-order valence-electron chi connectivity index (χ3n) is 6.81. The van der Waals surface area contributed by atoms with Crippen LogP contribution in [0.1, 0.15) is 16.7 Å². The molecule has 0 aromatic heterocycles. The Labute approximate surface area is 234 Å². The maximum absolute atomic E-state index is 14.7. The standard InChI is InChI=1S/C31H35FN2O4S/c1-34(2)31-33-26-28(36-20-23-14-8-4-9-15-23)29(37-21-24-16-10-5-11-17-24)27(38-30(26)39-31)25(18-32)35-19-22-12-6-3-7-13-22/h3-17,25-30H,18-21H2,1-2H3/t25-,26?,27?,28?,29?,30?/m0/s1. The predicted octanol–water partition coefficient (Wildman–Crippen LogP) is 5.47. The molecule has 39 heavy (non-hydrogen) atoms. The van der Waals surface area contributed by atoms with Gasteiger partial charge in [0.1, 0.15) is 42.6 Å². The van der Waals surface area contributed by atoms with E-state index in [4.69, 9.17) is 23.9 Å². The number of halogens is 1. The SMILES string of the molecule is CN(C)C1=NC2C(OC([C@H](CF)OCc3ccccc3)C(OCc3ccccc3)C2OCc2ccccc2)S1. The van der Waals surface area contributed by atoms with Crippen LogP contribution < -0.4 is 0 Å². The molecule has 0 saturated carbocycles. The minimum atomic E-state index is -0.834. The number of thioether (sulfide) groups is 1. The van der Waals surface area contributed by atoms with Crippen LogP contribution in [-0.2, 0) is 38.8 Å². The molecule has 5 unspecified atom stereocenters. The summed E-state index contributed by atoms with van der Waals surface area (Å²) in [5, 5.41) is 0.850. The second-order valence-electron chi connectivity index (χ2n) is 9.90. The zero-order valence-corrected chi connectivity index (χ0v) is 23.1. The van der Waals surface area contributed by atoms with Crippen LogP contribution in [0.25, 0.3) is 0 Å². The number of hydrogen-bond donors (Lipinski definition) is 0. The second-order valence-corrected chi connectivity index (χ2v) is 11.0. The number of hydrogen-bond acceptors (Lipinski definition) is 7. The molecule has 2 aliphatic rings. The molecule has 0 amide bonds. The van der Waals surface area contributed by atoms with E-state index >= 15 is 0 Å². The van der Waals surface area contributed by atoms with Gasteiger partial charge in [0.25, 0.3) is 0 Å². The number of aliphatic imine (C=N–C) groups is 1. The van der Waals surface area contributed by atoms with Crippen LogP contribution in [0.4, 0.5) is 4.39 Å². The molecular formula is C31H35FN2O4S. The van der Waals surface area contributed by atoms with Gasteiger partial charge in [-0.05, 0) is 16.7 Å². The van der Waals surface area contributed by atoms with Crippen LogP contribution >= 0.6 is 11.8 Å². The number of rotatable bonds is 11. The van der Waals surface area contributed by atoms with Crippen molar-refractivity contribution in [1.29, 1.82) is 0 Å². The van der Waals surface area contributed by atoms with E-state index in [9.17, 15) is 4.39 Å². The van der Waals surface area contributed by atoms with Gasteiger partial charge in [0.05, 0.1) is 19.8 Å². The average molecular weight is 551 g/mol. The normalized spacial score (nSPS) is 25.1. The molecule has 0 spiro atoms. The maximum Gasteiger partial charge on any atom is 0.161 e. The topological polar surface area (TPSA) is 52.5 Å². The Morgan fingerprint density at radius 1 is 0.795 bits per heavy atom. The fourth-order valence-electron chi connectivity index (χ4n) is 4.78. The zero-order valence-electron chi connectivity index (χ0n) is 22.3. The molecule has 206 valence electrons. The van der Waals surface area contributed by atoms with Gasteiger partial charge in [-0.3, -0.25) is 4.99 Å². The summed E-state index contributed by atoms with van der Waals surface area (Å²) in [6.45, 7) is 0.285. The molecule has 2 aliphatic heterocycles. The molecule has 6 nitrogen and oxygen atoms in total. The Balaban J connectivity index is 1.43. The van der Waals surface area contributed by atoms with Crippen molar-refractivity contribution in [3.05, 3.63) is 108 Å². The zero-order chi connectivity index (χ0) is 27.0. The minimum Gasteiger partial charge on any atom is -0.368 e. The maximum atomic E-state index is 14.7. The van der Waals surface area contributed by atoms with Crippen molar-refractivity contribution in [2.45, 2.75) is 55.7 Å². The first-order chi connectivity index (χ1) is 19.1. The van der Waals surface area contributed by atoms with Gasteiger partial charge in [0.2, 0.25) is 0 Å². The third kappa shape index (κ3) is 7.07. The van der Waals surface area contributed by atoms with E-state index in [0.717, 1.165) is 21.9 Å². The number of nitrogens with zero attached hydrogens (tertiary/aromatic N) is 2. The lowest BCUT2D eigenvalue weighted by atomic mass is 9.94. The number of ether oxygens (including phenoxy) is 4. The van der Waals surface area contributed by atoms with E-state index in [1.54, 1.807) is 0 Å². The van der Waals surface area contributed by atoms with Gasteiger partial charge >= 0.3 is 0 Å². The van der Waals surface area contributed by atoms with Crippen molar-refractivity contribution in [3.8, 4) is 0 Å². The Morgan fingerprint density at radius 2 is 1.31 bits per heavy atom. The Kier molecular flexibility index (Phi) is 9.66. The number of amidine groups is 1. The number of alkyl halides is 1. The van der Waals surface area contributed by atoms with Gasteiger partial charge < -0.3 is 23.8 Å². The summed E-state index contributed by atoms with van der Waals surface area (Å²) in [6, 6.07) is 29.4. The molecule has 1 fully saturated rings. The molecule has 3 aromatic rings. The summed E-state index contributed by atoms with van der Waals surface area (Å²) >= 11 is 1.53. The van der Waals surface area contributed by atoms with Crippen molar-refractivity contribution in [3.63, 3.8) is 0 Å². The molecule has 3 aromatic carbocycles. The highest BCUT2D eigenvalue weighted by Crippen LogP contribution is 2.41. The van der Waals surface area contributed by atoms with Gasteiger partial charge in [0.15, 0.2) is 5.17 Å². The Hall–Kier alpha value is -2.75. The molecular weight excluding hydrogens is 515 g/mol. The first kappa shape index (κ1) is 27.8. The average Bonchev–Trinajstić information content (AvgIpc) is 3.41. The smallest absolute Gasteiger partial charge is 0.161 e. The van der Waals surface area contributed by atoms with E-state index in [-0.39, 0.29) is 18.1 Å². The highest BCUT2D eigenvalue weighted by Gasteiger charge is 2.53. The van der Waals surface area contributed by atoms with Crippen LogP contribution in [0.3, 0.4) is 0 Å². The van der Waals surface area contributed by atoms with E-state index in [0.29, 0.717) is 13.2 Å². The predicted molar refractivity (Wildman–Crippen MR) is 152 cm³/mol. The molecule has 0 N–H and O–H groups in total. The van der Waals surface area contributed by atoms with Crippen molar-refractivity contribution in [2.24, 2.45) is 4.99 Å². The van der Waals surface area contributed by atoms with Crippen molar-refractivity contribution >= 4 is 16.9 Å². The van der Waals surface area contributed by atoms with E-state index in [1.807, 2.05) is 110 Å². The summed E-state index contributed by atoms with van der Waals surface area (Å²) in [7, 11) is 3.91. The molecule has 2 heterocycles. The number of benzene rings is 3. The van der Waals surface area contributed by atoms with Gasteiger partial charge in [-0.2, -0.15) is 0 Å². The van der Waals surface area contributed by atoms with Gasteiger partial charge in [-0.15, -0.1) is 0 Å². The molecule has 0 aliphatic carbocycles. The molecule has 0 radical (unpaired) electrons. The van der Waals surface area contributed by atoms with E-state index in [1.165, 1.54) is 11.8 Å². The molecule has 8 heteroatoms. The van der Waals surface area contributed by atoms with Crippen LogP contribution in [0.2, 0.25) is 0 Å².